The van der Waals surface area contributed by atoms with E-state index in [2.05, 4.69) is 6.92 Å². The summed E-state index contributed by atoms with van der Waals surface area (Å²) >= 11 is 0. The maximum atomic E-state index is 12.2. The van der Waals surface area contributed by atoms with Crippen LogP contribution in [0.3, 0.4) is 0 Å². The maximum Gasteiger partial charge on any atom is 0.318 e. The zero-order valence-corrected chi connectivity index (χ0v) is 10.9. The molecule has 0 saturated carbocycles. The molecule has 2 atom stereocenters. The number of fused-ring (bicyclic) bond motifs is 3. The smallest absolute Gasteiger partial charge is 0.318 e. The lowest BCUT2D eigenvalue weighted by Crippen LogP contribution is -2.21. The van der Waals surface area contributed by atoms with E-state index in [1.807, 2.05) is 19.9 Å². The number of aryl methyl sites for hydroxylation is 1. The SMILES string of the molecule is Cc1cc2c(c3c1C(=O)C[C@H](C)C3)[C@@H](C)C(=O)O2. The molecule has 1 heterocycles. The van der Waals surface area contributed by atoms with Crippen LogP contribution < -0.4 is 4.74 Å². The van der Waals surface area contributed by atoms with Crippen molar-refractivity contribution in [3.63, 3.8) is 0 Å². The van der Waals surface area contributed by atoms with Crippen molar-refractivity contribution in [2.24, 2.45) is 5.92 Å². The van der Waals surface area contributed by atoms with E-state index in [0.717, 1.165) is 28.7 Å². The maximum absolute atomic E-state index is 12.2. The van der Waals surface area contributed by atoms with Gasteiger partial charge in [0, 0.05) is 17.5 Å². The van der Waals surface area contributed by atoms with E-state index in [0.29, 0.717) is 18.1 Å². The fourth-order valence-corrected chi connectivity index (χ4v) is 3.18. The minimum absolute atomic E-state index is 0.204. The predicted molar refractivity (Wildman–Crippen MR) is 67.0 cm³/mol. The van der Waals surface area contributed by atoms with Gasteiger partial charge in [-0.25, -0.2) is 0 Å². The fraction of sp³-hybridized carbons (Fsp3) is 0.467. The predicted octanol–water partition coefficient (Wildman–Crippen LogP) is 2.78. The Balaban J connectivity index is 2.28. The first-order valence-electron chi connectivity index (χ1n) is 6.40. The Kier molecular flexibility index (Phi) is 2.34. The highest BCUT2D eigenvalue weighted by Crippen LogP contribution is 2.43. The number of carbonyl (C=O) groups is 2. The molecule has 0 fully saturated rings. The van der Waals surface area contributed by atoms with Crippen LogP contribution in [0.4, 0.5) is 0 Å². The minimum atomic E-state index is -0.243. The molecule has 3 nitrogen and oxygen atoms in total. The number of hydrogen-bond acceptors (Lipinski definition) is 3. The molecule has 3 heteroatoms. The topological polar surface area (TPSA) is 43.4 Å². The Hall–Kier alpha value is -1.64. The average Bonchev–Trinajstić information content (AvgIpc) is 2.53. The molecule has 3 rings (SSSR count). The van der Waals surface area contributed by atoms with Gasteiger partial charge in [0.25, 0.3) is 0 Å². The second-order valence-corrected chi connectivity index (χ2v) is 5.54. The highest BCUT2D eigenvalue weighted by Gasteiger charge is 2.37. The first-order chi connectivity index (χ1) is 8.49. The summed E-state index contributed by atoms with van der Waals surface area (Å²) in [4.78, 5) is 23.9. The van der Waals surface area contributed by atoms with E-state index in [1.165, 1.54) is 0 Å². The van der Waals surface area contributed by atoms with Gasteiger partial charge in [-0.05, 0) is 43.4 Å². The van der Waals surface area contributed by atoms with Crippen molar-refractivity contribution in [1.82, 2.24) is 0 Å². The Morgan fingerprint density at radius 3 is 2.67 bits per heavy atom. The minimum Gasteiger partial charge on any atom is -0.426 e. The number of hydrogen-bond donors (Lipinski definition) is 0. The number of rotatable bonds is 0. The summed E-state index contributed by atoms with van der Waals surface area (Å²) in [7, 11) is 0. The summed E-state index contributed by atoms with van der Waals surface area (Å²) in [6, 6.07) is 1.84. The Labute approximate surface area is 106 Å². The number of benzene rings is 1. The van der Waals surface area contributed by atoms with Crippen molar-refractivity contribution in [3.05, 3.63) is 28.3 Å². The molecule has 1 aliphatic carbocycles. The molecule has 0 amide bonds. The highest BCUT2D eigenvalue weighted by molar-refractivity contribution is 6.02. The number of ketones is 1. The van der Waals surface area contributed by atoms with Gasteiger partial charge in [0.1, 0.15) is 5.75 Å². The highest BCUT2D eigenvalue weighted by atomic mass is 16.5. The van der Waals surface area contributed by atoms with Crippen molar-refractivity contribution >= 4 is 11.8 Å². The van der Waals surface area contributed by atoms with Crippen LogP contribution in [-0.2, 0) is 11.2 Å². The molecular weight excluding hydrogens is 228 g/mol. The lowest BCUT2D eigenvalue weighted by Gasteiger charge is -2.24. The second-order valence-electron chi connectivity index (χ2n) is 5.54. The van der Waals surface area contributed by atoms with Crippen LogP contribution in [0.15, 0.2) is 6.07 Å². The van der Waals surface area contributed by atoms with Crippen LogP contribution in [-0.4, -0.2) is 11.8 Å². The van der Waals surface area contributed by atoms with Crippen LogP contribution in [0.2, 0.25) is 0 Å². The summed E-state index contributed by atoms with van der Waals surface area (Å²) in [5.74, 6) is 0.760. The van der Waals surface area contributed by atoms with Gasteiger partial charge in [-0.1, -0.05) is 6.92 Å². The van der Waals surface area contributed by atoms with E-state index < -0.39 is 0 Å². The van der Waals surface area contributed by atoms with Crippen LogP contribution in [0.5, 0.6) is 5.75 Å². The van der Waals surface area contributed by atoms with Gasteiger partial charge in [-0.3, -0.25) is 9.59 Å². The van der Waals surface area contributed by atoms with Crippen LogP contribution in [0, 0.1) is 12.8 Å². The lowest BCUT2D eigenvalue weighted by molar-refractivity contribution is -0.133. The zero-order chi connectivity index (χ0) is 13.0. The van der Waals surface area contributed by atoms with E-state index in [1.54, 1.807) is 0 Å². The normalized spacial score (nSPS) is 25.7. The first-order valence-corrected chi connectivity index (χ1v) is 6.40. The third-order valence-corrected chi connectivity index (χ3v) is 4.00. The van der Waals surface area contributed by atoms with Crippen molar-refractivity contribution in [2.75, 3.05) is 0 Å². The molecule has 18 heavy (non-hydrogen) atoms. The van der Waals surface area contributed by atoms with Gasteiger partial charge in [0.15, 0.2) is 5.78 Å². The third-order valence-electron chi connectivity index (χ3n) is 4.00. The molecule has 0 bridgehead atoms. The van der Waals surface area contributed by atoms with Crippen LogP contribution >= 0.6 is 0 Å². The van der Waals surface area contributed by atoms with E-state index >= 15 is 0 Å². The number of Topliss-reactive ketones (excluding diaryl/α,β-unsaturated/α-hetero) is 1. The molecule has 1 aliphatic heterocycles. The van der Waals surface area contributed by atoms with Gasteiger partial charge in [0.2, 0.25) is 0 Å². The standard InChI is InChI=1S/C15H16O3/c1-7-4-10-13(11(16)5-7)8(2)6-12-14(10)9(3)15(17)18-12/h6-7,9H,4-5H2,1-3H3/t7-,9-/m1/s1. The Morgan fingerprint density at radius 2 is 1.94 bits per heavy atom. The summed E-state index contributed by atoms with van der Waals surface area (Å²) in [6.07, 6.45) is 1.47. The molecule has 0 N–H and O–H groups in total. The lowest BCUT2D eigenvalue weighted by atomic mass is 9.77. The number of ether oxygens (including phenoxy) is 1. The van der Waals surface area contributed by atoms with Crippen molar-refractivity contribution in [3.8, 4) is 5.75 Å². The van der Waals surface area contributed by atoms with Crippen LogP contribution in [0.25, 0.3) is 0 Å². The van der Waals surface area contributed by atoms with Gasteiger partial charge < -0.3 is 4.74 Å². The van der Waals surface area contributed by atoms with Crippen molar-refractivity contribution in [2.45, 2.75) is 39.5 Å². The molecule has 1 aromatic carbocycles. The quantitative estimate of drug-likeness (QED) is 0.520. The summed E-state index contributed by atoms with van der Waals surface area (Å²) < 4.78 is 5.29. The van der Waals surface area contributed by atoms with Crippen molar-refractivity contribution in [1.29, 1.82) is 0 Å². The fourth-order valence-electron chi connectivity index (χ4n) is 3.18. The third kappa shape index (κ3) is 1.43. The summed E-state index contributed by atoms with van der Waals surface area (Å²) in [5, 5.41) is 0. The molecule has 0 radical (unpaired) electrons. The average molecular weight is 244 g/mol. The summed E-state index contributed by atoms with van der Waals surface area (Å²) in [6.45, 7) is 5.86. The zero-order valence-electron chi connectivity index (χ0n) is 10.9. The van der Waals surface area contributed by atoms with Gasteiger partial charge in [-0.15, -0.1) is 0 Å². The molecule has 0 saturated heterocycles. The Morgan fingerprint density at radius 1 is 1.22 bits per heavy atom. The van der Waals surface area contributed by atoms with E-state index in [-0.39, 0.29) is 17.7 Å². The number of esters is 1. The second kappa shape index (κ2) is 3.67. The molecule has 94 valence electrons. The van der Waals surface area contributed by atoms with Crippen molar-refractivity contribution < 1.29 is 14.3 Å². The van der Waals surface area contributed by atoms with Gasteiger partial charge in [0.05, 0.1) is 5.92 Å². The monoisotopic (exact) mass is 244 g/mol. The molecule has 1 aromatic rings. The van der Waals surface area contributed by atoms with Crippen LogP contribution in [0.1, 0.15) is 53.2 Å². The number of carbonyl (C=O) groups excluding carboxylic acids is 2. The summed E-state index contributed by atoms with van der Waals surface area (Å²) in [5.41, 5.74) is 3.76. The molecule has 0 spiro atoms. The Bertz CT molecular complexity index is 572. The largest absolute Gasteiger partial charge is 0.426 e. The molecular formula is C15H16O3. The molecule has 0 unspecified atom stereocenters. The van der Waals surface area contributed by atoms with E-state index in [4.69, 9.17) is 4.74 Å². The van der Waals surface area contributed by atoms with E-state index in [9.17, 15) is 9.59 Å². The van der Waals surface area contributed by atoms with Gasteiger partial charge in [-0.2, -0.15) is 0 Å². The van der Waals surface area contributed by atoms with Gasteiger partial charge >= 0.3 is 5.97 Å². The molecule has 0 aromatic heterocycles. The molecule has 2 aliphatic rings. The first kappa shape index (κ1) is 11.5.